The molecule has 0 unspecified atom stereocenters. The smallest absolute Gasteiger partial charge is 0.259 e. The Kier molecular flexibility index (Phi) is 5.62. The molecule has 0 spiro atoms. The quantitative estimate of drug-likeness (QED) is 0.595. The van der Waals surface area contributed by atoms with E-state index in [2.05, 4.69) is 4.98 Å². The first-order valence-electron chi connectivity index (χ1n) is 7.58. The van der Waals surface area contributed by atoms with Crippen molar-refractivity contribution < 1.29 is 4.79 Å². The maximum Gasteiger partial charge on any atom is 0.259 e. The molecule has 0 amide bonds. The first-order chi connectivity index (χ1) is 11.2. The highest BCUT2D eigenvalue weighted by Crippen LogP contribution is 2.38. The number of pyridine rings is 2. The molecule has 2 aromatic heterocycles. The number of nitrogens with two attached hydrogens (primary N) is 1. The molecular formula is C18H17Cl2N3O2. The van der Waals surface area contributed by atoms with E-state index >= 15 is 0 Å². The van der Waals surface area contributed by atoms with E-state index in [-0.39, 0.29) is 36.2 Å². The Labute approximate surface area is 156 Å². The van der Waals surface area contributed by atoms with Crippen molar-refractivity contribution in [1.29, 1.82) is 0 Å². The minimum Gasteiger partial charge on any atom is -0.330 e. The van der Waals surface area contributed by atoms with Gasteiger partial charge in [-0.1, -0.05) is 24.3 Å². The van der Waals surface area contributed by atoms with Crippen LogP contribution < -0.4 is 11.3 Å². The Morgan fingerprint density at radius 1 is 1.00 bits per heavy atom. The van der Waals surface area contributed by atoms with Crippen LogP contribution in [0.3, 0.4) is 0 Å². The van der Waals surface area contributed by atoms with Gasteiger partial charge in [0.1, 0.15) is 0 Å². The topological polar surface area (TPSA) is 78.0 Å². The largest absolute Gasteiger partial charge is 0.330 e. The van der Waals surface area contributed by atoms with Gasteiger partial charge in [0, 0.05) is 35.5 Å². The summed E-state index contributed by atoms with van der Waals surface area (Å²) < 4.78 is 1.69. The van der Waals surface area contributed by atoms with Gasteiger partial charge in [0.05, 0.1) is 16.6 Å². The number of fused-ring (bicyclic) bond motifs is 5. The Morgan fingerprint density at radius 2 is 1.72 bits per heavy atom. The molecule has 3 aromatic rings. The van der Waals surface area contributed by atoms with E-state index in [0.29, 0.717) is 47.1 Å². The first-order valence-corrected chi connectivity index (χ1v) is 7.58. The summed E-state index contributed by atoms with van der Waals surface area (Å²) in [7, 11) is 0. The lowest BCUT2D eigenvalue weighted by Crippen LogP contribution is -2.24. The summed E-state index contributed by atoms with van der Waals surface area (Å²) in [6.45, 7) is 0.989. The Bertz CT molecular complexity index is 1010. The summed E-state index contributed by atoms with van der Waals surface area (Å²) in [4.78, 5) is 29.9. The van der Waals surface area contributed by atoms with E-state index in [1.165, 1.54) is 0 Å². The molecule has 0 aliphatic heterocycles. The second-order valence-electron chi connectivity index (χ2n) is 5.62. The van der Waals surface area contributed by atoms with Crippen molar-refractivity contribution in [2.45, 2.75) is 13.0 Å². The van der Waals surface area contributed by atoms with E-state index in [4.69, 9.17) is 5.73 Å². The van der Waals surface area contributed by atoms with Gasteiger partial charge in [-0.2, -0.15) is 0 Å². The lowest BCUT2D eigenvalue weighted by atomic mass is 10.0. The Balaban J connectivity index is 0.00000113. The van der Waals surface area contributed by atoms with Crippen LogP contribution in [-0.2, 0) is 6.54 Å². The monoisotopic (exact) mass is 377 g/mol. The van der Waals surface area contributed by atoms with Crippen LogP contribution in [-0.4, -0.2) is 21.9 Å². The second-order valence-corrected chi connectivity index (χ2v) is 5.62. The molecule has 1 aliphatic rings. The van der Waals surface area contributed by atoms with Crippen LogP contribution in [0.1, 0.15) is 22.3 Å². The van der Waals surface area contributed by atoms with Crippen molar-refractivity contribution in [3.63, 3.8) is 0 Å². The third kappa shape index (κ3) is 2.74. The molecule has 0 radical (unpaired) electrons. The summed E-state index contributed by atoms with van der Waals surface area (Å²) in [5, 5.41) is 1.15. The number of hydrogen-bond acceptors (Lipinski definition) is 4. The Morgan fingerprint density at radius 3 is 2.44 bits per heavy atom. The molecule has 25 heavy (non-hydrogen) atoms. The van der Waals surface area contributed by atoms with Crippen LogP contribution in [0.4, 0.5) is 0 Å². The van der Waals surface area contributed by atoms with Crippen molar-refractivity contribution >= 4 is 41.4 Å². The van der Waals surface area contributed by atoms with Crippen LogP contribution in [0.15, 0.2) is 47.5 Å². The van der Waals surface area contributed by atoms with Gasteiger partial charge in [-0.3, -0.25) is 14.6 Å². The molecule has 0 saturated heterocycles. The minimum absolute atomic E-state index is 0. The predicted octanol–water partition coefficient (Wildman–Crippen LogP) is 2.80. The number of halogens is 2. The summed E-state index contributed by atoms with van der Waals surface area (Å²) in [6.07, 6.45) is 3.86. The van der Waals surface area contributed by atoms with Gasteiger partial charge in [-0.15, -0.1) is 24.8 Å². The lowest BCUT2D eigenvalue weighted by Gasteiger charge is -2.14. The van der Waals surface area contributed by atoms with Crippen molar-refractivity contribution in [2.24, 2.45) is 5.73 Å². The number of hydrogen-bond donors (Lipinski definition) is 1. The molecule has 2 heterocycles. The number of rotatable bonds is 3. The van der Waals surface area contributed by atoms with Crippen LogP contribution in [0.25, 0.3) is 22.0 Å². The van der Waals surface area contributed by atoms with Crippen LogP contribution in [0, 0.1) is 0 Å². The van der Waals surface area contributed by atoms with Crippen LogP contribution in [0.5, 0.6) is 0 Å². The minimum atomic E-state index is -0.0981. The van der Waals surface area contributed by atoms with Crippen molar-refractivity contribution in [1.82, 2.24) is 9.55 Å². The van der Waals surface area contributed by atoms with Gasteiger partial charge >= 0.3 is 0 Å². The molecule has 2 N–H and O–H groups in total. The molecule has 130 valence electrons. The predicted molar refractivity (Wildman–Crippen MR) is 103 cm³/mol. The standard InChI is InChI=1S/C18H15N3O2.2ClH/c19-7-3-9-21-16-11-4-1-2-5-12(11)17(22)15(16)14-10-20-8-6-13(14)18(21)23;;/h1-2,4-6,8,10H,3,7,9,19H2;2*1H. The maximum atomic E-state index is 12.9. The highest BCUT2D eigenvalue weighted by atomic mass is 35.5. The molecule has 1 aliphatic carbocycles. The summed E-state index contributed by atoms with van der Waals surface area (Å²) >= 11 is 0. The highest BCUT2D eigenvalue weighted by Gasteiger charge is 2.32. The summed E-state index contributed by atoms with van der Waals surface area (Å²) in [6, 6.07) is 9.09. The fourth-order valence-electron chi connectivity index (χ4n) is 3.28. The molecule has 1 aromatic carbocycles. The molecule has 0 atom stereocenters. The molecule has 4 rings (SSSR count). The first kappa shape index (κ1) is 19.1. The average molecular weight is 378 g/mol. The van der Waals surface area contributed by atoms with E-state index in [9.17, 15) is 9.59 Å². The summed E-state index contributed by atoms with van der Waals surface area (Å²) in [5.74, 6) is -0.0462. The van der Waals surface area contributed by atoms with E-state index in [1.807, 2.05) is 18.2 Å². The van der Waals surface area contributed by atoms with Crippen LogP contribution in [0.2, 0.25) is 0 Å². The van der Waals surface area contributed by atoms with Gasteiger partial charge < -0.3 is 10.3 Å². The molecule has 0 fully saturated rings. The molecule has 0 bridgehead atoms. The van der Waals surface area contributed by atoms with Gasteiger partial charge in [0.2, 0.25) is 0 Å². The van der Waals surface area contributed by atoms with E-state index < -0.39 is 0 Å². The molecular weight excluding hydrogens is 361 g/mol. The molecule has 7 heteroatoms. The normalized spacial score (nSPS) is 11.5. The van der Waals surface area contributed by atoms with Gasteiger partial charge in [-0.05, 0) is 19.0 Å². The Hall–Kier alpha value is -2.21. The highest BCUT2D eigenvalue weighted by molar-refractivity contribution is 6.26. The third-order valence-electron chi connectivity index (χ3n) is 4.31. The zero-order valence-electron chi connectivity index (χ0n) is 13.3. The van der Waals surface area contributed by atoms with Gasteiger partial charge in [0.15, 0.2) is 5.78 Å². The second kappa shape index (κ2) is 7.35. The van der Waals surface area contributed by atoms with Gasteiger partial charge in [0.25, 0.3) is 5.56 Å². The number of carbonyl (C=O) groups excluding carboxylic acids is 1. The van der Waals surface area contributed by atoms with E-state index in [0.717, 1.165) is 5.56 Å². The zero-order chi connectivity index (χ0) is 16.0. The number of nitrogens with zero attached hydrogens (tertiary/aromatic N) is 2. The van der Waals surface area contributed by atoms with Crippen molar-refractivity contribution in [2.75, 3.05) is 6.54 Å². The fourth-order valence-corrected chi connectivity index (χ4v) is 3.28. The average Bonchev–Trinajstić information content (AvgIpc) is 2.89. The lowest BCUT2D eigenvalue weighted by molar-refractivity contribution is 0.104. The number of ketones is 1. The number of carbonyl (C=O) groups is 1. The zero-order valence-corrected chi connectivity index (χ0v) is 14.9. The van der Waals surface area contributed by atoms with Crippen molar-refractivity contribution in [3.05, 3.63) is 64.2 Å². The molecule has 0 saturated carbocycles. The van der Waals surface area contributed by atoms with E-state index in [1.54, 1.807) is 29.1 Å². The SMILES string of the molecule is Cl.Cl.NCCCn1c2c(c3cnccc3c1=O)C(=O)c1ccccc1-2. The maximum absolute atomic E-state index is 12.9. The fraction of sp³-hybridized carbons (Fsp3) is 0.167. The number of aromatic nitrogens is 2. The van der Waals surface area contributed by atoms with Crippen molar-refractivity contribution in [3.8, 4) is 11.3 Å². The molecule has 5 nitrogen and oxygen atoms in total. The van der Waals surface area contributed by atoms with Gasteiger partial charge in [-0.25, -0.2) is 0 Å². The van der Waals surface area contributed by atoms with Crippen LogP contribution >= 0.6 is 24.8 Å². The number of benzene rings is 1. The summed E-state index contributed by atoms with van der Waals surface area (Å²) in [5.41, 5.74) is 8.24. The third-order valence-corrected chi connectivity index (χ3v) is 4.31.